The number of piperidine rings is 1. The second-order valence-electron chi connectivity index (χ2n) is 4.31. The van der Waals surface area contributed by atoms with Gasteiger partial charge in [-0.2, -0.15) is 0 Å². The van der Waals surface area contributed by atoms with Gasteiger partial charge < -0.3 is 15.4 Å². The average molecular weight is 271 g/mol. The Morgan fingerprint density at radius 3 is 2.44 bits per heavy atom. The average Bonchev–Trinajstić information content (AvgIpc) is 2.40. The number of halogens is 1. The molecule has 2 rings (SSSR count). The van der Waals surface area contributed by atoms with Crippen molar-refractivity contribution in [2.45, 2.75) is 18.4 Å². The quantitative estimate of drug-likeness (QED) is 0.823. The lowest BCUT2D eigenvalue weighted by molar-refractivity contribution is -0.147. The van der Waals surface area contributed by atoms with E-state index >= 15 is 0 Å². The van der Waals surface area contributed by atoms with E-state index in [9.17, 15) is 4.79 Å². The Labute approximate surface area is 114 Å². The largest absolute Gasteiger partial charge is 0.467 e. The number of anilines is 1. The zero-order valence-corrected chi connectivity index (χ0v) is 11.3. The summed E-state index contributed by atoms with van der Waals surface area (Å²) >= 11 is 0. The van der Waals surface area contributed by atoms with Gasteiger partial charge in [0, 0.05) is 5.69 Å². The number of para-hydroxylation sites is 1. The minimum atomic E-state index is -0.582. The molecular weight excluding hydrogens is 252 g/mol. The third-order valence-corrected chi connectivity index (χ3v) is 3.19. The molecule has 1 aromatic carbocycles. The molecule has 0 saturated carbocycles. The van der Waals surface area contributed by atoms with Crippen molar-refractivity contribution in [2.24, 2.45) is 0 Å². The summed E-state index contributed by atoms with van der Waals surface area (Å²) in [5, 5.41) is 6.59. The van der Waals surface area contributed by atoms with Gasteiger partial charge in [-0.05, 0) is 38.1 Å². The van der Waals surface area contributed by atoms with Crippen molar-refractivity contribution < 1.29 is 9.53 Å². The molecule has 0 unspecified atom stereocenters. The van der Waals surface area contributed by atoms with Crippen LogP contribution in [-0.4, -0.2) is 31.7 Å². The Bertz CT molecular complexity index is 378. The van der Waals surface area contributed by atoms with Gasteiger partial charge in [-0.3, -0.25) is 0 Å². The number of methoxy groups -OCH3 is 1. The van der Waals surface area contributed by atoms with Crippen LogP contribution in [0.15, 0.2) is 30.3 Å². The molecule has 1 fully saturated rings. The summed E-state index contributed by atoms with van der Waals surface area (Å²) in [6.07, 6.45) is 1.49. The molecule has 5 heteroatoms. The van der Waals surface area contributed by atoms with Crippen LogP contribution in [0.3, 0.4) is 0 Å². The Balaban J connectivity index is 0.00000162. The third-order valence-electron chi connectivity index (χ3n) is 3.19. The Hall–Kier alpha value is -1.26. The summed E-state index contributed by atoms with van der Waals surface area (Å²) in [5.41, 5.74) is 0.376. The zero-order valence-electron chi connectivity index (χ0n) is 10.4. The van der Waals surface area contributed by atoms with Gasteiger partial charge >= 0.3 is 5.97 Å². The summed E-state index contributed by atoms with van der Waals surface area (Å²) in [5.74, 6) is -0.178. The summed E-state index contributed by atoms with van der Waals surface area (Å²) in [6, 6.07) is 9.79. The second-order valence-corrected chi connectivity index (χ2v) is 4.31. The van der Waals surface area contributed by atoms with Gasteiger partial charge in [0.05, 0.1) is 7.11 Å². The summed E-state index contributed by atoms with van der Waals surface area (Å²) < 4.78 is 4.94. The zero-order chi connectivity index (χ0) is 12.1. The van der Waals surface area contributed by atoms with E-state index in [-0.39, 0.29) is 18.4 Å². The van der Waals surface area contributed by atoms with E-state index in [4.69, 9.17) is 4.74 Å². The fourth-order valence-electron chi connectivity index (χ4n) is 2.23. The topological polar surface area (TPSA) is 50.4 Å². The van der Waals surface area contributed by atoms with Crippen LogP contribution in [-0.2, 0) is 9.53 Å². The van der Waals surface area contributed by atoms with E-state index < -0.39 is 5.54 Å². The normalized spacial score (nSPS) is 17.4. The van der Waals surface area contributed by atoms with Crippen molar-refractivity contribution >= 4 is 24.1 Å². The summed E-state index contributed by atoms with van der Waals surface area (Å²) in [6.45, 7) is 1.66. The minimum absolute atomic E-state index is 0. The number of hydrogen-bond acceptors (Lipinski definition) is 4. The summed E-state index contributed by atoms with van der Waals surface area (Å²) in [4.78, 5) is 12.0. The molecule has 0 spiro atoms. The van der Waals surface area contributed by atoms with Crippen molar-refractivity contribution in [3.63, 3.8) is 0 Å². The second kappa shape index (κ2) is 6.61. The van der Waals surface area contributed by atoms with E-state index in [1.165, 1.54) is 7.11 Å². The first-order valence-electron chi connectivity index (χ1n) is 5.89. The number of nitrogens with one attached hydrogen (secondary N) is 2. The smallest absolute Gasteiger partial charge is 0.331 e. The highest BCUT2D eigenvalue weighted by Gasteiger charge is 2.40. The minimum Gasteiger partial charge on any atom is -0.467 e. The van der Waals surface area contributed by atoms with Gasteiger partial charge in [-0.15, -0.1) is 12.4 Å². The van der Waals surface area contributed by atoms with E-state index in [1.54, 1.807) is 0 Å². The van der Waals surface area contributed by atoms with Crippen molar-refractivity contribution in [1.29, 1.82) is 0 Å². The highest BCUT2D eigenvalue weighted by Crippen LogP contribution is 2.25. The predicted octanol–water partition coefficient (Wildman–Crippen LogP) is 1.82. The maximum atomic E-state index is 12.0. The molecule has 1 aliphatic rings. The van der Waals surface area contributed by atoms with E-state index in [0.717, 1.165) is 31.6 Å². The highest BCUT2D eigenvalue weighted by molar-refractivity contribution is 5.85. The maximum absolute atomic E-state index is 12.0. The lowest BCUT2D eigenvalue weighted by Crippen LogP contribution is -2.54. The van der Waals surface area contributed by atoms with Crippen LogP contribution in [0.2, 0.25) is 0 Å². The Morgan fingerprint density at radius 1 is 1.28 bits per heavy atom. The van der Waals surface area contributed by atoms with Crippen LogP contribution in [0.25, 0.3) is 0 Å². The molecule has 0 atom stereocenters. The van der Waals surface area contributed by atoms with E-state index in [1.807, 2.05) is 30.3 Å². The van der Waals surface area contributed by atoms with Crippen LogP contribution < -0.4 is 10.6 Å². The first kappa shape index (κ1) is 14.8. The molecule has 0 aromatic heterocycles. The number of hydrogen-bond donors (Lipinski definition) is 2. The van der Waals surface area contributed by atoms with Gasteiger partial charge in [-0.1, -0.05) is 18.2 Å². The molecular formula is C13H19ClN2O2. The fourth-order valence-corrected chi connectivity index (χ4v) is 2.23. The number of esters is 1. The third kappa shape index (κ3) is 3.15. The van der Waals surface area contributed by atoms with Gasteiger partial charge in [-0.25, -0.2) is 4.79 Å². The molecule has 0 bridgehead atoms. The molecule has 0 amide bonds. The van der Waals surface area contributed by atoms with Crippen LogP contribution in [0.5, 0.6) is 0 Å². The highest BCUT2D eigenvalue weighted by atomic mass is 35.5. The van der Waals surface area contributed by atoms with Crippen LogP contribution in [0.1, 0.15) is 12.8 Å². The van der Waals surface area contributed by atoms with Crippen molar-refractivity contribution in [3.8, 4) is 0 Å². The molecule has 4 nitrogen and oxygen atoms in total. The molecule has 18 heavy (non-hydrogen) atoms. The first-order chi connectivity index (χ1) is 8.27. The predicted molar refractivity (Wildman–Crippen MR) is 74.2 cm³/mol. The lowest BCUT2D eigenvalue weighted by atomic mass is 9.88. The van der Waals surface area contributed by atoms with Crippen molar-refractivity contribution in [3.05, 3.63) is 30.3 Å². The molecule has 100 valence electrons. The molecule has 1 aromatic rings. The van der Waals surface area contributed by atoms with Gasteiger partial charge in [0.25, 0.3) is 0 Å². The molecule has 1 saturated heterocycles. The van der Waals surface area contributed by atoms with Crippen LogP contribution in [0, 0.1) is 0 Å². The van der Waals surface area contributed by atoms with Crippen LogP contribution in [0.4, 0.5) is 5.69 Å². The van der Waals surface area contributed by atoms with E-state index in [2.05, 4.69) is 10.6 Å². The number of rotatable bonds is 3. The van der Waals surface area contributed by atoms with Crippen molar-refractivity contribution in [1.82, 2.24) is 5.32 Å². The maximum Gasteiger partial charge on any atom is 0.331 e. The van der Waals surface area contributed by atoms with E-state index in [0.29, 0.717) is 0 Å². The number of carbonyl (C=O) groups is 1. The monoisotopic (exact) mass is 270 g/mol. The SMILES string of the molecule is COC(=O)C1(Nc2ccccc2)CCNCC1.Cl. The molecule has 0 radical (unpaired) electrons. The summed E-state index contributed by atoms with van der Waals surface area (Å²) in [7, 11) is 1.44. The van der Waals surface area contributed by atoms with Gasteiger partial charge in [0.15, 0.2) is 0 Å². The lowest BCUT2D eigenvalue weighted by Gasteiger charge is -2.36. The number of ether oxygens (including phenoxy) is 1. The Kier molecular flexibility index (Phi) is 5.44. The van der Waals surface area contributed by atoms with Crippen LogP contribution >= 0.6 is 12.4 Å². The van der Waals surface area contributed by atoms with Gasteiger partial charge in [0.2, 0.25) is 0 Å². The Morgan fingerprint density at radius 2 is 1.89 bits per heavy atom. The van der Waals surface area contributed by atoms with Crippen molar-refractivity contribution in [2.75, 3.05) is 25.5 Å². The van der Waals surface area contributed by atoms with Gasteiger partial charge in [0.1, 0.15) is 5.54 Å². The number of carbonyl (C=O) groups excluding carboxylic acids is 1. The molecule has 2 N–H and O–H groups in total. The fraction of sp³-hybridized carbons (Fsp3) is 0.462. The molecule has 1 aliphatic heterocycles. The standard InChI is InChI=1S/C13H18N2O2.ClH/c1-17-12(16)13(7-9-14-10-8-13)15-11-5-3-2-4-6-11;/h2-6,14-15H,7-10H2,1H3;1H. The molecule has 0 aliphatic carbocycles. The number of benzene rings is 1. The molecule has 1 heterocycles. The first-order valence-corrected chi connectivity index (χ1v) is 5.89.